The Morgan fingerprint density at radius 2 is 1.93 bits per heavy atom. The van der Waals surface area contributed by atoms with Crippen LogP contribution in [-0.2, 0) is 15.9 Å². The lowest BCUT2D eigenvalue weighted by Gasteiger charge is -2.11. The number of benzene rings is 2. The van der Waals surface area contributed by atoms with Gasteiger partial charge in [-0.1, -0.05) is 12.1 Å². The molecule has 0 fully saturated rings. The summed E-state index contributed by atoms with van der Waals surface area (Å²) in [5.74, 6) is 0.227. The molecule has 1 unspecified atom stereocenters. The van der Waals surface area contributed by atoms with Crippen LogP contribution in [0.1, 0.15) is 15.9 Å². The van der Waals surface area contributed by atoms with E-state index in [2.05, 4.69) is 15.0 Å². The maximum absolute atomic E-state index is 13.4. The zero-order chi connectivity index (χ0) is 21.3. The third-order valence-electron chi connectivity index (χ3n) is 4.72. The first kappa shape index (κ1) is 19.9. The molecule has 1 atom stereocenters. The fourth-order valence-electron chi connectivity index (χ4n) is 3.19. The summed E-state index contributed by atoms with van der Waals surface area (Å²) < 4.78 is 23.5. The second-order valence-electron chi connectivity index (χ2n) is 6.56. The van der Waals surface area contributed by atoms with Crippen molar-refractivity contribution in [1.29, 1.82) is 0 Å². The van der Waals surface area contributed by atoms with Crippen molar-refractivity contribution in [3.8, 4) is 17.0 Å². The van der Waals surface area contributed by atoms with Crippen LogP contribution in [0.4, 0.5) is 0 Å². The van der Waals surface area contributed by atoms with E-state index >= 15 is 0 Å². The summed E-state index contributed by atoms with van der Waals surface area (Å²) in [6.07, 6.45) is 1.65. The second-order valence-corrected chi connectivity index (χ2v) is 7.93. The highest BCUT2D eigenvalue weighted by Gasteiger charge is 2.25. The summed E-state index contributed by atoms with van der Waals surface area (Å²) in [5.41, 5.74) is 3.79. The number of H-pyrrole nitrogens is 1. The average molecular weight is 421 g/mol. The number of pyridine rings is 1. The Morgan fingerprint density at radius 3 is 2.70 bits per heavy atom. The van der Waals surface area contributed by atoms with Crippen LogP contribution in [0.5, 0.6) is 5.75 Å². The van der Waals surface area contributed by atoms with Crippen LogP contribution in [0.2, 0.25) is 0 Å². The molecule has 2 aromatic heterocycles. The zero-order valence-electron chi connectivity index (χ0n) is 16.6. The second kappa shape index (κ2) is 8.17. The highest BCUT2D eigenvalue weighted by molar-refractivity contribution is 7.91. The van der Waals surface area contributed by atoms with E-state index < -0.39 is 17.1 Å². The van der Waals surface area contributed by atoms with Crippen LogP contribution in [0, 0.1) is 6.92 Å². The van der Waals surface area contributed by atoms with Gasteiger partial charge in [0.1, 0.15) is 5.75 Å². The minimum atomic E-state index is -1.59. The van der Waals surface area contributed by atoms with Crippen molar-refractivity contribution in [2.45, 2.75) is 17.0 Å². The first-order valence-electron chi connectivity index (χ1n) is 9.11. The Morgan fingerprint density at radius 1 is 1.13 bits per heavy atom. The first-order valence-corrected chi connectivity index (χ1v) is 10.3. The van der Waals surface area contributed by atoms with E-state index in [4.69, 9.17) is 9.47 Å². The Labute approximate surface area is 176 Å². The Balaban J connectivity index is 1.77. The van der Waals surface area contributed by atoms with Crippen LogP contribution in [0.25, 0.3) is 22.3 Å². The van der Waals surface area contributed by atoms with E-state index in [9.17, 15) is 9.35 Å². The van der Waals surface area contributed by atoms with Crippen LogP contribution >= 0.6 is 0 Å². The molecule has 8 heteroatoms. The molecule has 0 spiro atoms. The van der Waals surface area contributed by atoms with Gasteiger partial charge in [0.15, 0.2) is 4.90 Å². The summed E-state index contributed by atoms with van der Waals surface area (Å²) in [7, 11) is 2.92. The fourth-order valence-corrected chi connectivity index (χ4v) is 4.36. The van der Waals surface area contributed by atoms with Gasteiger partial charge in [0.25, 0.3) is 0 Å². The molecule has 0 aliphatic rings. The van der Waals surface area contributed by atoms with E-state index in [0.717, 1.165) is 11.1 Å². The average Bonchev–Trinajstić information content (AvgIpc) is 3.20. The van der Waals surface area contributed by atoms with E-state index in [0.29, 0.717) is 38.1 Å². The van der Waals surface area contributed by atoms with Crippen molar-refractivity contribution in [3.63, 3.8) is 0 Å². The number of esters is 1. The van der Waals surface area contributed by atoms with E-state index in [1.54, 1.807) is 43.6 Å². The molecule has 4 aromatic rings. The number of carbonyl (C=O) groups is 1. The van der Waals surface area contributed by atoms with E-state index in [-0.39, 0.29) is 0 Å². The Hall–Kier alpha value is -3.36. The molecule has 7 nitrogen and oxygen atoms in total. The van der Waals surface area contributed by atoms with Gasteiger partial charge < -0.3 is 14.0 Å². The monoisotopic (exact) mass is 421 g/mol. The van der Waals surface area contributed by atoms with Gasteiger partial charge in [0, 0.05) is 12.3 Å². The van der Waals surface area contributed by atoms with Gasteiger partial charge in [0.2, 0.25) is 0 Å². The zero-order valence-corrected chi connectivity index (χ0v) is 17.4. The predicted molar refractivity (Wildman–Crippen MR) is 113 cm³/mol. The highest BCUT2D eigenvalue weighted by Crippen LogP contribution is 2.32. The number of hydrogen-bond donors (Lipinski definition) is 1. The predicted octanol–water partition coefficient (Wildman–Crippen LogP) is 3.90. The molecule has 0 amide bonds. The van der Waals surface area contributed by atoms with Crippen molar-refractivity contribution in [2.75, 3.05) is 14.2 Å². The number of nitrogens with zero attached hydrogens (tertiary/aromatic N) is 2. The Kier molecular flexibility index (Phi) is 5.43. The molecule has 152 valence electrons. The molecule has 0 radical (unpaired) electrons. The maximum Gasteiger partial charge on any atom is 0.338 e. The van der Waals surface area contributed by atoms with Gasteiger partial charge in [-0.15, -0.1) is 0 Å². The minimum absolute atomic E-state index is 0.293. The van der Waals surface area contributed by atoms with Crippen LogP contribution in [-0.4, -0.2) is 39.7 Å². The molecule has 2 heterocycles. The van der Waals surface area contributed by atoms with Crippen LogP contribution in [0.3, 0.4) is 0 Å². The minimum Gasteiger partial charge on any atom is -0.604 e. The van der Waals surface area contributed by atoms with Gasteiger partial charge in [-0.25, -0.2) is 4.79 Å². The molecule has 0 aliphatic carbocycles. The maximum atomic E-state index is 13.4. The topological polar surface area (TPSA) is 100 Å². The van der Waals surface area contributed by atoms with Crippen molar-refractivity contribution < 1.29 is 18.8 Å². The van der Waals surface area contributed by atoms with Crippen LogP contribution < -0.4 is 4.74 Å². The molecule has 0 aliphatic heterocycles. The fraction of sp³-hybridized carbons (Fsp3) is 0.136. The third kappa shape index (κ3) is 3.62. The lowest BCUT2D eigenvalue weighted by molar-refractivity contribution is 0.0600. The number of rotatable bonds is 5. The molecule has 2 aromatic carbocycles. The molecule has 4 rings (SSSR count). The lowest BCUT2D eigenvalue weighted by atomic mass is 10.1. The van der Waals surface area contributed by atoms with Crippen molar-refractivity contribution in [2.24, 2.45) is 0 Å². The molecular formula is C22H19N3O4S. The van der Waals surface area contributed by atoms with Gasteiger partial charge in [0.05, 0.1) is 53.2 Å². The molecule has 30 heavy (non-hydrogen) atoms. The quantitative estimate of drug-likeness (QED) is 0.388. The molecule has 0 saturated carbocycles. The van der Waals surface area contributed by atoms with E-state index in [1.165, 1.54) is 7.11 Å². The summed E-state index contributed by atoms with van der Waals surface area (Å²) in [5, 5.41) is 0.293. The first-order chi connectivity index (χ1) is 14.5. The van der Waals surface area contributed by atoms with Gasteiger partial charge in [-0.3, -0.25) is 9.97 Å². The molecule has 0 saturated heterocycles. The number of nitrogens with one attached hydrogen (secondary N) is 1. The van der Waals surface area contributed by atoms with Crippen molar-refractivity contribution in [3.05, 3.63) is 65.9 Å². The van der Waals surface area contributed by atoms with Gasteiger partial charge >= 0.3 is 11.1 Å². The number of ether oxygens (including phenoxy) is 2. The standard InChI is InChI=1S/C22H19N3O4S/c1-13-10-18-19(12-16(13)21(26)29-3)25-22(24-18)30(27)20-7-5-4-6-15(20)17-11-14(28-2)8-9-23-17/h4-12H,1-3H3,(H,24,25). The smallest absolute Gasteiger partial charge is 0.338 e. The molecule has 0 bridgehead atoms. The normalized spacial score (nSPS) is 12.0. The largest absolute Gasteiger partial charge is 0.604 e. The number of carbonyl (C=O) groups excluding carboxylic acids is 1. The number of aromatic nitrogens is 3. The molecule has 1 N–H and O–H groups in total. The van der Waals surface area contributed by atoms with Crippen molar-refractivity contribution >= 4 is 28.2 Å². The summed E-state index contributed by atoms with van der Waals surface area (Å²) in [4.78, 5) is 24.5. The third-order valence-corrected chi connectivity index (χ3v) is 6.02. The van der Waals surface area contributed by atoms with E-state index in [1.807, 2.05) is 25.1 Å². The van der Waals surface area contributed by atoms with Crippen molar-refractivity contribution in [1.82, 2.24) is 15.0 Å². The lowest BCUT2D eigenvalue weighted by Crippen LogP contribution is -2.06. The summed E-state index contributed by atoms with van der Waals surface area (Å²) in [6.45, 7) is 1.81. The summed E-state index contributed by atoms with van der Waals surface area (Å²) in [6, 6.07) is 14.3. The Bertz CT molecular complexity index is 1240. The number of aromatic amines is 1. The number of hydrogen-bond acceptors (Lipinski definition) is 6. The number of aryl methyl sites for hydroxylation is 1. The van der Waals surface area contributed by atoms with Gasteiger partial charge in [-0.2, -0.15) is 4.98 Å². The SMILES string of the molecule is COC(=O)c1cc2nc([S+]([O-])c3ccccc3-c3cc(OC)ccn3)[nH]c2cc1C. The van der Waals surface area contributed by atoms with Crippen LogP contribution in [0.15, 0.2) is 64.8 Å². The number of fused-ring (bicyclic) bond motifs is 1. The number of methoxy groups -OCH3 is 2. The highest BCUT2D eigenvalue weighted by atomic mass is 32.2. The summed E-state index contributed by atoms with van der Waals surface area (Å²) >= 11 is -1.59. The molecular weight excluding hydrogens is 402 g/mol. The van der Waals surface area contributed by atoms with Gasteiger partial charge in [-0.05, 0) is 42.8 Å². The number of imidazole rings is 1.